The van der Waals surface area contributed by atoms with Crippen LogP contribution < -0.4 is 5.56 Å². The van der Waals surface area contributed by atoms with E-state index in [9.17, 15) is 23.3 Å². The lowest BCUT2D eigenvalue weighted by molar-refractivity contribution is -0.385. The van der Waals surface area contributed by atoms with Gasteiger partial charge in [0.2, 0.25) is 10.0 Å². The van der Waals surface area contributed by atoms with Crippen molar-refractivity contribution in [2.45, 2.75) is 23.8 Å². The van der Waals surface area contributed by atoms with E-state index < -0.39 is 14.9 Å². The van der Waals surface area contributed by atoms with Crippen molar-refractivity contribution in [3.63, 3.8) is 0 Å². The van der Waals surface area contributed by atoms with Crippen molar-refractivity contribution in [2.75, 3.05) is 13.1 Å². The smallest absolute Gasteiger partial charge is 0.270 e. The van der Waals surface area contributed by atoms with Gasteiger partial charge in [-0.1, -0.05) is 12.1 Å². The highest BCUT2D eigenvalue weighted by atomic mass is 32.2. The van der Waals surface area contributed by atoms with E-state index in [2.05, 4.69) is 0 Å². The maximum atomic E-state index is 13.0. The summed E-state index contributed by atoms with van der Waals surface area (Å²) in [6, 6.07) is 10.2. The van der Waals surface area contributed by atoms with Crippen LogP contribution in [0.2, 0.25) is 0 Å². The highest BCUT2D eigenvalue weighted by Gasteiger charge is 2.39. The number of hydrogen-bond donors (Lipinski definition) is 0. The van der Waals surface area contributed by atoms with Crippen molar-refractivity contribution < 1.29 is 13.3 Å². The summed E-state index contributed by atoms with van der Waals surface area (Å²) in [5.74, 6) is -0.000281. The van der Waals surface area contributed by atoms with Gasteiger partial charge in [0, 0.05) is 49.4 Å². The number of pyridine rings is 1. The van der Waals surface area contributed by atoms with Crippen LogP contribution in [0.25, 0.3) is 0 Å². The molecule has 3 heterocycles. The first-order valence-corrected chi connectivity index (χ1v) is 9.74. The molecule has 0 spiro atoms. The van der Waals surface area contributed by atoms with Crippen LogP contribution in [0.1, 0.15) is 18.0 Å². The molecule has 0 amide bonds. The van der Waals surface area contributed by atoms with Crippen molar-refractivity contribution in [1.82, 2.24) is 8.87 Å². The lowest BCUT2D eigenvalue weighted by Gasteiger charge is -2.42. The van der Waals surface area contributed by atoms with Gasteiger partial charge in [-0.05, 0) is 24.5 Å². The Kier molecular flexibility index (Phi) is 3.92. The molecule has 1 saturated heterocycles. The number of nitro groups is 1. The van der Waals surface area contributed by atoms with E-state index in [1.54, 1.807) is 10.6 Å². The van der Waals surface area contributed by atoms with Gasteiger partial charge in [-0.2, -0.15) is 4.31 Å². The molecular weight excluding hydrogens is 358 g/mol. The Bertz CT molecular complexity index is 1050. The summed E-state index contributed by atoms with van der Waals surface area (Å²) in [5.41, 5.74) is 0.542. The third kappa shape index (κ3) is 2.73. The third-order valence-electron chi connectivity index (χ3n) is 5.11. The summed E-state index contributed by atoms with van der Waals surface area (Å²) in [5, 5.41) is 10.9. The molecule has 2 aliphatic heterocycles. The first-order valence-electron chi connectivity index (χ1n) is 8.30. The molecule has 136 valence electrons. The molecule has 2 atom stereocenters. The van der Waals surface area contributed by atoms with E-state index in [4.69, 9.17) is 0 Å². The zero-order valence-electron chi connectivity index (χ0n) is 13.8. The summed E-state index contributed by atoms with van der Waals surface area (Å²) < 4.78 is 29.1. The number of aromatic nitrogens is 1. The third-order valence-corrected chi connectivity index (χ3v) is 6.94. The number of piperidine rings is 1. The van der Waals surface area contributed by atoms with Crippen molar-refractivity contribution in [3.05, 3.63) is 68.6 Å². The van der Waals surface area contributed by atoms with Gasteiger partial charge in [-0.25, -0.2) is 8.42 Å². The van der Waals surface area contributed by atoms with Gasteiger partial charge in [0.1, 0.15) is 0 Å². The predicted molar refractivity (Wildman–Crippen MR) is 93.4 cm³/mol. The quantitative estimate of drug-likeness (QED) is 0.598. The molecule has 0 unspecified atom stereocenters. The second-order valence-corrected chi connectivity index (χ2v) is 8.71. The summed E-state index contributed by atoms with van der Waals surface area (Å²) >= 11 is 0. The zero-order valence-corrected chi connectivity index (χ0v) is 14.6. The van der Waals surface area contributed by atoms with Crippen molar-refractivity contribution in [2.24, 2.45) is 5.92 Å². The molecule has 1 fully saturated rings. The zero-order chi connectivity index (χ0) is 18.5. The molecule has 2 aromatic rings. The molecule has 8 nitrogen and oxygen atoms in total. The largest absolute Gasteiger partial charge is 0.312 e. The van der Waals surface area contributed by atoms with Gasteiger partial charge in [0.25, 0.3) is 11.2 Å². The minimum Gasteiger partial charge on any atom is -0.312 e. The maximum Gasteiger partial charge on any atom is 0.270 e. The minimum absolute atomic E-state index is 0.0508. The number of nitrogens with zero attached hydrogens (tertiary/aromatic N) is 3. The highest BCUT2D eigenvalue weighted by molar-refractivity contribution is 7.89. The Labute approximate surface area is 149 Å². The van der Waals surface area contributed by atoms with E-state index >= 15 is 0 Å². The van der Waals surface area contributed by atoms with Gasteiger partial charge in [0.15, 0.2) is 0 Å². The molecule has 0 saturated carbocycles. The van der Waals surface area contributed by atoms with E-state index in [-0.39, 0.29) is 34.5 Å². The molecule has 26 heavy (non-hydrogen) atoms. The molecule has 0 aliphatic carbocycles. The van der Waals surface area contributed by atoms with Crippen molar-refractivity contribution in [3.8, 4) is 0 Å². The predicted octanol–water partition coefficient (Wildman–Crippen LogP) is 1.56. The van der Waals surface area contributed by atoms with Gasteiger partial charge in [-0.15, -0.1) is 0 Å². The summed E-state index contributed by atoms with van der Waals surface area (Å²) in [6.07, 6.45) is 0.838. The minimum atomic E-state index is -3.83. The second-order valence-electron chi connectivity index (χ2n) is 6.77. The van der Waals surface area contributed by atoms with Crippen LogP contribution in [0.5, 0.6) is 0 Å². The molecule has 1 aromatic carbocycles. The topological polar surface area (TPSA) is 103 Å². The fourth-order valence-corrected chi connectivity index (χ4v) is 5.56. The Morgan fingerprint density at radius 1 is 1.08 bits per heavy atom. The number of nitro benzene ring substituents is 1. The Morgan fingerprint density at radius 3 is 2.62 bits per heavy atom. The van der Waals surface area contributed by atoms with Crippen molar-refractivity contribution in [1.29, 1.82) is 0 Å². The monoisotopic (exact) mass is 375 g/mol. The van der Waals surface area contributed by atoms with Crippen molar-refractivity contribution >= 4 is 15.7 Å². The van der Waals surface area contributed by atoms with E-state index in [1.165, 1.54) is 28.6 Å². The SMILES string of the molecule is O=c1cccc2n1C[C@@H]1C[C@H]2CN(S(=O)(=O)c2cccc([N+](=O)[O-])c2)C1. The first kappa shape index (κ1) is 16.9. The van der Waals surface area contributed by atoms with Gasteiger partial charge in [-0.3, -0.25) is 14.9 Å². The van der Waals surface area contributed by atoms with Gasteiger partial charge < -0.3 is 4.57 Å². The Balaban J connectivity index is 1.69. The summed E-state index contributed by atoms with van der Waals surface area (Å²) in [4.78, 5) is 22.3. The van der Waals surface area contributed by atoms with E-state index in [1.807, 2.05) is 6.07 Å². The van der Waals surface area contributed by atoms with Crippen LogP contribution in [0.15, 0.2) is 52.2 Å². The summed E-state index contributed by atoms with van der Waals surface area (Å²) in [7, 11) is -3.83. The van der Waals surface area contributed by atoms with Crippen LogP contribution in [-0.2, 0) is 16.6 Å². The molecule has 9 heteroatoms. The first-order chi connectivity index (χ1) is 12.4. The highest BCUT2D eigenvalue weighted by Crippen LogP contribution is 2.37. The average molecular weight is 375 g/mol. The maximum absolute atomic E-state index is 13.0. The van der Waals surface area contributed by atoms with Crippen LogP contribution in [0.4, 0.5) is 5.69 Å². The van der Waals surface area contributed by atoms with E-state index in [0.29, 0.717) is 13.1 Å². The van der Waals surface area contributed by atoms with Gasteiger partial charge in [0.05, 0.1) is 9.82 Å². The summed E-state index contributed by atoms with van der Waals surface area (Å²) in [6.45, 7) is 1.07. The molecule has 2 bridgehead atoms. The number of fused-ring (bicyclic) bond motifs is 4. The number of sulfonamides is 1. The number of hydrogen-bond acceptors (Lipinski definition) is 5. The fourth-order valence-electron chi connectivity index (χ4n) is 3.96. The lowest BCUT2D eigenvalue weighted by atomic mass is 9.84. The number of non-ortho nitro benzene ring substituents is 1. The van der Waals surface area contributed by atoms with Crippen LogP contribution in [-0.4, -0.2) is 35.3 Å². The van der Waals surface area contributed by atoms with Gasteiger partial charge >= 0.3 is 0 Å². The molecule has 0 radical (unpaired) electrons. The van der Waals surface area contributed by atoms with Crippen LogP contribution in [0, 0.1) is 16.0 Å². The molecule has 1 aromatic heterocycles. The van der Waals surface area contributed by atoms with Crippen LogP contribution in [0.3, 0.4) is 0 Å². The molecule has 2 aliphatic rings. The second kappa shape index (κ2) is 6.03. The number of benzene rings is 1. The molecule has 0 N–H and O–H groups in total. The number of rotatable bonds is 3. The Hall–Kier alpha value is -2.52. The standard InChI is InChI=1S/C17H17N3O5S/c21-17-6-2-5-16-13-7-12(10-19(16)17)9-18(11-13)26(24,25)15-4-1-3-14(8-15)20(22)23/h1-6,8,12-13H,7,9-11H2/t12-,13+/m1/s1. The molecular formula is C17H17N3O5S. The fraction of sp³-hybridized carbons (Fsp3) is 0.353. The van der Waals surface area contributed by atoms with Crippen LogP contribution >= 0.6 is 0 Å². The lowest BCUT2D eigenvalue weighted by Crippen LogP contribution is -2.49. The molecule has 4 rings (SSSR count). The average Bonchev–Trinajstić information content (AvgIpc) is 2.62. The Morgan fingerprint density at radius 2 is 1.85 bits per heavy atom. The van der Waals surface area contributed by atoms with E-state index in [0.717, 1.165) is 18.2 Å². The normalized spacial score (nSPS) is 22.6.